The normalized spacial score (nSPS) is 10.8. The molecule has 4 nitrogen and oxygen atoms in total. The second kappa shape index (κ2) is 8.77. The first-order chi connectivity index (χ1) is 9.24. The number of hydrogen-bond acceptors (Lipinski definition) is 4. The van der Waals surface area contributed by atoms with Crippen LogP contribution in [0.1, 0.15) is 19.4 Å². The van der Waals surface area contributed by atoms with Gasteiger partial charge in [0.15, 0.2) is 11.5 Å². The van der Waals surface area contributed by atoms with E-state index in [1.54, 1.807) is 14.2 Å². The molecule has 0 aliphatic carbocycles. The highest BCUT2D eigenvalue weighted by Gasteiger charge is 2.04. The molecule has 0 heterocycles. The van der Waals surface area contributed by atoms with E-state index in [4.69, 9.17) is 9.47 Å². The standard InChI is InChI=1S/C15H26N2O2/c1-5-17(6-2)10-9-16-12-13-7-8-14(18-3)15(11-13)19-4/h7-8,11,16H,5-6,9-10,12H2,1-4H3. The topological polar surface area (TPSA) is 33.7 Å². The molecule has 0 saturated heterocycles. The predicted molar refractivity (Wildman–Crippen MR) is 79.0 cm³/mol. The van der Waals surface area contributed by atoms with Gasteiger partial charge in [-0.1, -0.05) is 19.9 Å². The van der Waals surface area contributed by atoms with E-state index in [1.807, 2.05) is 12.1 Å². The largest absolute Gasteiger partial charge is 0.493 e. The average Bonchev–Trinajstić information content (AvgIpc) is 2.47. The molecule has 0 amide bonds. The van der Waals surface area contributed by atoms with Crippen LogP contribution in [0, 0.1) is 0 Å². The van der Waals surface area contributed by atoms with Crippen molar-refractivity contribution in [3.8, 4) is 11.5 Å². The summed E-state index contributed by atoms with van der Waals surface area (Å²) in [5.74, 6) is 1.56. The molecule has 0 bridgehead atoms. The van der Waals surface area contributed by atoms with Gasteiger partial charge in [0, 0.05) is 19.6 Å². The third-order valence-corrected chi connectivity index (χ3v) is 3.28. The fraction of sp³-hybridized carbons (Fsp3) is 0.600. The average molecular weight is 266 g/mol. The van der Waals surface area contributed by atoms with Gasteiger partial charge < -0.3 is 19.7 Å². The van der Waals surface area contributed by atoms with Crippen LogP contribution in [0.4, 0.5) is 0 Å². The summed E-state index contributed by atoms with van der Waals surface area (Å²) < 4.78 is 10.5. The van der Waals surface area contributed by atoms with Crippen molar-refractivity contribution in [2.75, 3.05) is 40.4 Å². The van der Waals surface area contributed by atoms with Crippen LogP contribution in [0.25, 0.3) is 0 Å². The Labute approximate surface area is 116 Å². The maximum absolute atomic E-state index is 5.30. The molecule has 0 aromatic heterocycles. The molecule has 0 atom stereocenters. The van der Waals surface area contributed by atoms with Crippen LogP contribution in [-0.4, -0.2) is 45.3 Å². The Morgan fingerprint density at radius 1 is 1.05 bits per heavy atom. The van der Waals surface area contributed by atoms with Gasteiger partial charge in [0.1, 0.15) is 0 Å². The highest BCUT2D eigenvalue weighted by molar-refractivity contribution is 5.42. The molecule has 0 saturated carbocycles. The lowest BCUT2D eigenvalue weighted by molar-refractivity contribution is 0.302. The number of nitrogens with zero attached hydrogens (tertiary/aromatic N) is 1. The van der Waals surface area contributed by atoms with Gasteiger partial charge in [-0.25, -0.2) is 0 Å². The zero-order chi connectivity index (χ0) is 14.1. The van der Waals surface area contributed by atoms with Crippen LogP contribution in [-0.2, 0) is 6.54 Å². The summed E-state index contributed by atoms with van der Waals surface area (Å²) in [6, 6.07) is 6.02. The van der Waals surface area contributed by atoms with Crippen molar-refractivity contribution in [3.63, 3.8) is 0 Å². The molecule has 1 N–H and O–H groups in total. The Balaban J connectivity index is 2.41. The van der Waals surface area contributed by atoms with Crippen molar-refractivity contribution in [1.82, 2.24) is 10.2 Å². The lowest BCUT2D eigenvalue weighted by atomic mass is 10.2. The lowest BCUT2D eigenvalue weighted by Gasteiger charge is -2.18. The molecule has 0 fully saturated rings. The first-order valence-electron chi connectivity index (χ1n) is 6.89. The molecule has 0 unspecified atom stereocenters. The predicted octanol–water partition coefficient (Wildman–Crippen LogP) is 2.14. The number of methoxy groups -OCH3 is 2. The Kier molecular flexibility index (Phi) is 7.30. The molecule has 0 aliphatic rings. The van der Waals surface area contributed by atoms with Crippen molar-refractivity contribution in [3.05, 3.63) is 23.8 Å². The fourth-order valence-corrected chi connectivity index (χ4v) is 2.00. The smallest absolute Gasteiger partial charge is 0.161 e. The van der Waals surface area contributed by atoms with E-state index in [9.17, 15) is 0 Å². The number of nitrogens with one attached hydrogen (secondary N) is 1. The summed E-state index contributed by atoms with van der Waals surface area (Å²) in [7, 11) is 3.31. The van der Waals surface area contributed by atoms with Crippen molar-refractivity contribution in [1.29, 1.82) is 0 Å². The van der Waals surface area contributed by atoms with Gasteiger partial charge >= 0.3 is 0 Å². The third-order valence-electron chi connectivity index (χ3n) is 3.28. The summed E-state index contributed by atoms with van der Waals surface area (Å²) in [4.78, 5) is 2.40. The van der Waals surface area contributed by atoms with Crippen molar-refractivity contribution < 1.29 is 9.47 Å². The maximum Gasteiger partial charge on any atom is 0.161 e. The minimum atomic E-state index is 0.773. The molecule has 1 aromatic carbocycles. The van der Waals surface area contributed by atoms with Crippen LogP contribution in [0.3, 0.4) is 0 Å². The molecule has 108 valence electrons. The van der Waals surface area contributed by atoms with Crippen LogP contribution in [0.2, 0.25) is 0 Å². The second-order valence-corrected chi connectivity index (χ2v) is 4.39. The Morgan fingerprint density at radius 2 is 1.74 bits per heavy atom. The van der Waals surface area contributed by atoms with Gasteiger partial charge in [0.2, 0.25) is 0 Å². The summed E-state index contributed by atoms with van der Waals surface area (Å²) in [5, 5.41) is 3.45. The monoisotopic (exact) mass is 266 g/mol. The molecule has 1 aromatic rings. The van der Waals surface area contributed by atoms with Crippen molar-refractivity contribution >= 4 is 0 Å². The van der Waals surface area contributed by atoms with Crippen LogP contribution < -0.4 is 14.8 Å². The summed E-state index contributed by atoms with van der Waals surface area (Å²) in [6.45, 7) is 9.52. The molecule has 0 spiro atoms. The highest BCUT2D eigenvalue weighted by Crippen LogP contribution is 2.27. The molecular weight excluding hydrogens is 240 g/mol. The van der Waals surface area contributed by atoms with E-state index < -0.39 is 0 Å². The number of ether oxygens (including phenoxy) is 2. The first kappa shape index (κ1) is 15.8. The van der Waals surface area contributed by atoms with E-state index in [1.165, 1.54) is 5.56 Å². The Hall–Kier alpha value is -1.26. The van der Waals surface area contributed by atoms with Gasteiger partial charge in [0.05, 0.1) is 14.2 Å². The lowest BCUT2D eigenvalue weighted by Crippen LogP contribution is -2.31. The third kappa shape index (κ3) is 5.09. The Bertz CT molecular complexity index is 365. The molecule has 19 heavy (non-hydrogen) atoms. The molecule has 0 radical (unpaired) electrons. The number of likely N-dealkylation sites (N-methyl/N-ethyl adjacent to an activating group) is 1. The maximum atomic E-state index is 5.30. The van der Waals surface area contributed by atoms with E-state index in [-0.39, 0.29) is 0 Å². The van der Waals surface area contributed by atoms with Gasteiger partial charge in [-0.2, -0.15) is 0 Å². The first-order valence-corrected chi connectivity index (χ1v) is 6.89. The number of hydrogen-bond donors (Lipinski definition) is 1. The SMILES string of the molecule is CCN(CC)CCNCc1ccc(OC)c(OC)c1. The summed E-state index contributed by atoms with van der Waals surface area (Å²) in [5.41, 5.74) is 1.21. The van der Waals surface area contributed by atoms with Gasteiger partial charge in [-0.3, -0.25) is 0 Å². The zero-order valence-corrected chi connectivity index (χ0v) is 12.5. The zero-order valence-electron chi connectivity index (χ0n) is 12.5. The number of benzene rings is 1. The van der Waals surface area contributed by atoms with Crippen LogP contribution in [0.5, 0.6) is 11.5 Å². The quantitative estimate of drug-likeness (QED) is 0.694. The summed E-state index contributed by atoms with van der Waals surface area (Å²) >= 11 is 0. The Morgan fingerprint density at radius 3 is 2.32 bits per heavy atom. The van der Waals surface area contributed by atoms with E-state index in [0.29, 0.717) is 0 Å². The van der Waals surface area contributed by atoms with Gasteiger partial charge in [-0.15, -0.1) is 0 Å². The number of rotatable bonds is 9. The molecule has 4 heteroatoms. The van der Waals surface area contributed by atoms with E-state index in [2.05, 4.69) is 30.1 Å². The van der Waals surface area contributed by atoms with Gasteiger partial charge in [0.25, 0.3) is 0 Å². The van der Waals surface area contributed by atoms with E-state index in [0.717, 1.165) is 44.2 Å². The highest BCUT2D eigenvalue weighted by atomic mass is 16.5. The summed E-state index contributed by atoms with van der Waals surface area (Å²) in [6.07, 6.45) is 0. The molecular formula is C15H26N2O2. The van der Waals surface area contributed by atoms with E-state index >= 15 is 0 Å². The van der Waals surface area contributed by atoms with Crippen LogP contribution in [0.15, 0.2) is 18.2 Å². The van der Waals surface area contributed by atoms with Gasteiger partial charge in [-0.05, 0) is 30.8 Å². The molecule has 1 rings (SSSR count). The second-order valence-electron chi connectivity index (χ2n) is 4.39. The van der Waals surface area contributed by atoms with Crippen molar-refractivity contribution in [2.24, 2.45) is 0 Å². The minimum absolute atomic E-state index is 0.773. The van der Waals surface area contributed by atoms with Crippen LogP contribution >= 0.6 is 0 Å². The van der Waals surface area contributed by atoms with Crippen molar-refractivity contribution in [2.45, 2.75) is 20.4 Å². The molecule has 0 aliphatic heterocycles. The fourth-order valence-electron chi connectivity index (χ4n) is 2.00. The minimum Gasteiger partial charge on any atom is -0.493 e.